The van der Waals surface area contributed by atoms with Gasteiger partial charge in [-0.1, -0.05) is 0 Å². The summed E-state index contributed by atoms with van der Waals surface area (Å²) in [5.41, 5.74) is 5.53. The quantitative estimate of drug-likeness (QED) is 0.758. The van der Waals surface area contributed by atoms with Crippen LogP contribution >= 0.6 is 23.7 Å². The molecular formula is C12H18ClN3O2S. The van der Waals surface area contributed by atoms with Gasteiger partial charge in [-0.2, -0.15) is 0 Å². The molecule has 2 heterocycles. The lowest BCUT2D eigenvalue weighted by Crippen LogP contribution is -2.25. The minimum Gasteiger partial charge on any atom is -0.366 e. The van der Waals surface area contributed by atoms with Gasteiger partial charge < -0.3 is 16.4 Å². The molecule has 1 aliphatic heterocycles. The number of nitrogens with one attached hydrogen (secondary N) is 2. The highest BCUT2D eigenvalue weighted by molar-refractivity contribution is 7.12. The monoisotopic (exact) mass is 303 g/mol. The first kappa shape index (κ1) is 15.9. The Bertz CT molecular complexity index is 444. The van der Waals surface area contributed by atoms with Crippen molar-refractivity contribution in [3.05, 3.63) is 21.9 Å². The lowest BCUT2D eigenvalue weighted by atomic mass is 10.1. The minimum absolute atomic E-state index is 0. The maximum atomic E-state index is 11.8. The van der Waals surface area contributed by atoms with Crippen molar-refractivity contribution in [3.8, 4) is 0 Å². The van der Waals surface area contributed by atoms with Crippen LogP contribution in [0, 0.1) is 5.92 Å². The van der Waals surface area contributed by atoms with E-state index in [1.54, 1.807) is 11.4 Å². The number of hydrogen-bond donors (Lipinski definition) is 3. The molecule has 0 aliphatic carbocycles. The van der Waals surface area contributed by atoms with Crippen LogP contribution in [0.4, 0.5) is 0 Å². The van der Waals surface area contributed by atoms with E-state index in [2.05, 4.69) is 10.6 Å². The van der Waals surface area contributed by atoms with Gasteiger partial charge in [0, 0.05) is 11.9 Å². The second-order valence-corrected chi connectivity index (χ2v) is 5.38. The molecular weight excluding hydrogens is 286 g/mol. The summed E-state index contributed by atoms with van der Waals surface area (Å²) in [6, 6.07) is 1.54. The number of carbonyl (C=O) groups excluding carboxylic acids is 2. The summed E-state index contributed by atoms with van der Waals surface area (Å²) in [4.78, 5) is 23.2. The van der Waals surface area contributed by atoms with E-state index < -0.39 is 5.91 Å². The lowest BCUT2D eigenvalue weighted by molar-refractivity contribution is 0.0955. The zero-order chi connectivity index (χ0) is 13.0. The molecule has 2 amide bonds. The molecule has 2 rings (SSSR count). The van der Waals surface area contributed by atoms with Crippen LogP contribution in [-0.2, 0) is 0 Å². The summed E-state index contributed by atoms with van der Waals surface area (Å²) in [7, 11) is 0. The first-order valence-electron chi connectivity index (χ1n) is 6.04. The van der Waals surface area contributed by atoms with E-state index in [-0.39, 0.29) is 18.3 Å². The fourth-order valence-corrected chi connectivity index (χ4v) is 2.83. The smallest absolute Gasteiger partial charge is 0.261 e. The van der Waals surface area contributed by atoms with Gasteiger partial charge in [0.25, 0.3) is 5.91 Å². The molecule has 106 valence electrons. The third kappa shape index (κ3) is 4.49. The molecule has 1 atom stereocenters. The summed E-state index contributed by atoms with van der Waals surface area (Å²) >= 11 is 1.24. The fraction of sp³-hybridized carbons (Fsp3) is 0.500. The van der Waals surface area contributed by atoms with Crippen LogP contribution in [0.25, 0.3) is 0 Å². The van der Waals surface area contributed by atoms with Gasteiger partial charge in [-0.05, 0) is 37.9 Å². The second-order valence-electron chi connectivity index (χ2n) is 4.47. The zero-order valence-corrected chi connectivity index (χ0v) is 12.1. The van der Waals surface area contributed by atoms with Crippen molar-refractivity contribution < 1.29 is 9.59 Å². The molecule has 0 aromatic carbocycles. The van der Waals surface area contributed by atoms with Crippen LogP contribution in [0.2, 0.25) is 0 Å². The Morgan fingerprint density at radius 3 is 2.89 bits per heavy atom. The molecule has 0 bridgehead atoms. The molecule has 5 nitrogen and oxygen atoms in total. The van der Waals surface area contributed by atoms with Gasteiger partial charge in [0.05, 0.1) is 10.4 Å². The highest BCUT2D eigenvalue weighted by Gasteiger charge is 2.15. The minimum atomic E-state index is -0.498. The van der Waals surface area contributed by atoms with Gasteiger partial charge in [-0.3, -0.25) is 9.59 Å². The maximum absolute atomic E-state index is 11.8. The Labute approximate surface area is 122 Å². The van der Waals surface area contributed by atoms with E-state index in [0.717, 1.165) is 19.5 Å². The maximum Gasteiger partial charge on any atom is 0.261 e. The largest absolute Gasteiger partial charge is 0.366 e. The van der Waals surface area contributed by atoms with E-state index in [9.17, 15) is 9.59 Å². The summed E-state index contributed by atoms with van der Waals surface area (Å²) in [6.07, 6.45) is 2.17. The molecule has 1 fully saturated rings. The topological polar surface area (TPSA) is 84.2 Å². The average Bonchev–Trinajstić information content (AvgIpc) is 2.99. The number of amides is 2. The molecule has 1 saturated heterocycles. The van der Waals surface area contributed by atoms with Gasteiger partial charge in [-0.25, -0.2) is 0 Å². The van der Waals surface area contributed by atoms with Gasteiger partial charge in [0.1, 0.15) is 0 Å². The second kappa shape index (κ2) is 7.47. The van der Waals surface area contributed by atoms with E-state index >= 15 is 0 Å². The lowest BCUT2D eigenvalue weighted by Gasteiger charge is -2.08. The normalized spacial score (nSPS) is 17.8. The molecule has 1 unspecified atom stereocenters. The Morgan fingerprint density at radius 2 is 2.32 bits per heavy atom. The Hall–Kier alpha value is -1.11. The van der Waals surface area contributed by atoms with Crippen LogP contribution in [-0.4, -0.2) is 31.4 Å². The zero-order valence-electron chi connectivity index (χ0n) is 10.5. The van der Waals surface area contributed by atoms with Crippen molar-refractivity contribution >= 4 is 35.6 Å². The van der Waals surface area contributed by atoms with E-state index in [1.165, 1.54) is 17.8 Å². The third-order valence-electron chi connectivity index (χ3n) is 3.11. The summed E-state index contributed by atoms with van der Waals surface area (Å²) in [6.45, 7) is 2.79. The standard InChI is InChI=1S/C12H17N3O2S.ClH/c13-11(16)9-5-10(18-7-9)12(17)15-4-2-8-1-3-14-6-8;/h5,7-8,14H,1-4,6H2,(H2,13,16)(H,15,17);1H. The first-order valence-corrected chi connectivity index (χ1v) is 6.92. The highest BCUT2D eigenvalue weighted by atomic mass is 35.5. The number of carbonyl (C=O) groups is 2. The SMILES string of the molecule is Cl.NC(=O)c1csc(C(=O)NCCC2CCNC2)c1. The molecule has 1 aliphatic rings. The highest BCUT2D eigenvalue weighted by Crippen LogP contribution is 2.15. The first-order chi connectivity index (χ1) is 8.66. The van der Waals surface area contributed by atoms with Crippen LogP contribution < -0.4 is 16.4 Å². The van der Waals surface area contributed by atoms with Gasteiger partial charge in [0.2, 0.25) is 5.91 Å². The fourth-order valence-electron chi connectivity index (χ4n) is 2.02. The van der Waals surface area contributed by atoms with Crippen molar-refractivity contribution in [1.82, 2.24) is 10.6 Å². The molecule has 7 heteroatoms. The van der Waals surface area contributed by atoms with E-state index in [4.69, 9.17) is 5.73 Å². The summed E-state index contributed by atoms with van der Waals surface area (Å²) in [5.74, 6) is 0.0376. The van der Waals surface area contributed by atoms with Crippen LogP contribution in [0.1, 0.15) is 32.9 Å². The molecule has 0 radical (unpaired) electrons. The number of thiophene rings is 1. The van der Waals surface area contributed by atoms with Crippen molar-refractivity contribution in [3.63, 3.8) is 0 Å². The van der Waals surface area contributed by atoms with Gasteiger partial charge >= 0.3 is 0 Å². The average molecular weight is 304 g/mol. The van der Waals surface area contributed by atoms with Crippen molar-refractivity contribution in [1.29, 1.82) is 0 Å². The van der Waals surface area contributed by atoms with Crippen molar-refractivity contribution in [2.75, 3.05) is 19.6 Å². The number of hydrogen-bond acceptors (Lipinski definition) is 4. The number of halogens is 1. The Morgan fingerprint density at radius 1 is 1.53 bits per heavy atom. The number of primary amides is 1. The predicted molar refractivity (Wildman–Crippen MR) is 78.0 cm³/mol. The van der Waals surface area contributed by atoms with E-state index in [0.29, 0.717) is 22.9 Å². The van der Waals surface area contributed by atoms with E-state index in [1.807, 2.05) is 0 Å². The van der Waals surface area contributed by atoms with Crippen LogP contribution in [0.15, 0.2) is 11.4 Å². The predicted octanol–water partition coefficient (Wildman–Crippen LogP) is 0.998. The Kier molecular flexibility index (Phi) is 6.27. The summed E-state index contributed by atoms with van der Waals surface area (Å²) in [5, 5.41) is 7.77. The molecule has 19 heavy (non-hydrogen) atoms. The summed E-state index contributed by atoms with van der Waals surface area (Å²) < 4.78 is 0. The van der Waals surface area contributed by atoms with Gasteiger partial charge in [0.15, 0.2) is 0 Å². The molecule has 4 N–H and O–H groups in total. The molecule has 0 spiro atoms. The van der Waals surface area contributed by atoms with Crippen molar-refractivity contribution in [2.45, 2.75) is 12.8 Å². The van der Waals surface area contributed by atoms with Crippen LogP contribution in [0.3, 0.4) is 0 Å². The number of rotatable bonds is 5. The van der Waals surface area contributed by atoms with Crippen LogP contribution in [0.5, 0.6) is 0 Å². The molecule has 1 aromatic rings. The number of nitrogens with two attached hydrogens (primary N) is 1. The molecule has 1 aromatic heterocycles. The molecule has 0 saturated carbocycles. The van der Waals surface area contributed by atoms with Crippen molar-refractivity contribution in [2.24, 2.45) is 11.7 Å². The Balaban J connectivity index is 0.00000180. The third-order valence-corrected chi connectivity index (χ3v) is 4.04. The van der Waals surface area contributed by atoms with Gasteiger partial charge in [-0.15, -0.1) is 23.7 Å².